The third-order valence-electron chi connectivity index (χ3n) is 4.02. The van der Waals surface area contributed by atoms with E-state index in [1.807, 2.05) is 54.6 Å². The van der Waals surface area contributed by atoms with Gasteiger partial charge in [-0.15, -0.1) is 0 Å². The monoisotopic (exact) mass is 290 g/mol. The highest BCUT2D eigenvalue weighted by molar-refractivity contribution is 5.86. The van der Waals surface area contributed by atoms with Crippen molar-refractivity contribution < 1.29 is 9.90 Å². The molecule has 0 aromatic heterocycles. The lowest BCUT2D eigenvalue weighted by Crippen LogP contribution is -2.19. The van der Waals surface area contributed by atoms with Gasteiger partial charge >= 0.3 is 5.97 Å². The second-order valence-corrected chi connectivity index (χ2v) is 5.57. The van der Waals surface area contributed by atoms with Crippen LogP contribution in [0.2, 0.25) is 0 Å². The maximum atomic E-state index is 11.6. The van der Waals surface area contributed by atoms with Crippen LogP contribution in [0.3, 0.4) is 0 Å². The first-order valence-corrected chi connectivity index (χ1v) is 7.47. The molecule has 0 saturated heterocycles. The van der Waals surface area contributed by atoms with E-state index >= 15 is 0 Å². The molecule has 3 rings (SSSR count). The summed E-state index contributed by atoms with van der Waals surface area (Å²) < 4.78 is 0. The number of hydrogen-bond acceptors (Lipinski definition) is 1. The minimum absolute atomic E-state index is 0.409. The fraction of sp³-hybridized carbons (Fsp3) is 0.150. The number of carbonyl (C=O) groups is 1. The summed E-state index contributed by atoms with van der Waals surface area (Å²) in [7, 11) is 0. The highest BCUT2D eigenvalue weighted by atomic mass is 16.4. The van der Waals surface area contributed by atoms with E-state index in [0.717, 1.165) is 21.9 Å². The standard InChI is InChI=1S/C20H18O2/c21-20(22)18(13-15-7-2-1-3-8-15)14-17-11-6-10-16-9-4-5-12-19(16)17/h1-12,18H,13-14H2,(H,21,22). The summed E-state index contributed by atoms with van der Waals surface area (Å²) >= 11 is 0. The van der Waals surface area contributed by atoms with Crippen LogP contribution in [-0.4, -0.2) is 11.1 Å². The van der Waals surface area contributed by atoms with Gasteiger partial charge in [-0.1, -0.05) is 72.8 Å². The number of rotatable bonds is 5. The van der Waals surface area contributed by atoms with Crippen molar-refractivity contribution >= 4 is 16.7 Å². The summed E-state index contributed by atoms with van der Waals surface area (Å²) in [4.78, 5) is 11.6. The van der Waals surface area contributed by atoms with E-state index < -0.39 is 11.9 Å². The number of aliphatic carboxylic acids is 1. The molecule has 0 saturated carbocycles. The van der Waals surface area contributed by atoms with E-state index in [0.29, 0.717) is 12.8 Å². The molecule has 0 heterocycles. The summed E-state index contributed by atoms with van der Waals surface area (Å²) in [5, 5.41) is 11.9. The molecule has 0 aliphatic rings. The Bertz CT molecular complexity index is 773. The molecule has 22 heavy (non-hydrogen) atoms. The van der Waals surface area contributed by atoms with Gasteiger partial charge in [0.25, 0.3) is 0 Å². The number of carboxylic acids is 1. The van der Waals surface area contributed by atoms with Crippen molar-refractivity contribution in [1.29, 1.82) is 0 Å². The Morgan fingerprint density at radius 3 is 2.27 bits per heavy atom. The van der Waals surface area contributed by atoms with Crippen molar-refractivity contribution in [2.24, 2.45) is 5.92 Å². The molecule has 3 aromatic carbocycles. The fourth-order valence-electron chi connectivity index (χ4n) is 2.88. The van der Waals surface area contributed by atoms with Crippen LogP contribution in [0.4, 0.5) is 0 Å². The van der Waals surface area contributed by atoms with E-state index in [9.17, 15) is 9.90 Å². The fourth-order valence-corrected chi connectivity index (χ4v) is 2.88. The number of carboxylic acid groups (broad SMARTS) is 1. The molecule has 1 N–H and O–H groups in total. The van der Waals surface area contributed by atoms with Gasteiger partial charge in [0, 0.05) is 0 Å². The third kappa shape index (κ3) is 3.17. The van der Waals surface area contributed by atoms with Crippen molar-refractivity contribution in [2.75, 3.05) is 0 Å². The van der Waals surface area contributed by atoms with Gasteiger partial charge in [0.05, 0.1) is 5.92 Å². The van der Waals surface area contributed by atoms with Crippen molar-refractivity contribution in [2.45, 2.75) is 12.8 Å². The second kappa shape index (κ2) is 6.44. The molecule has 0 bridgehead atoms. The van der Waals surface area contributed by atoms with Crippen molar-refractivity contribution in [3.8, 4) is 0 Å². The molecular weight excluding hydrogens is 272 g/mol. The lowest BCUT2D eigenvalue weighted by molar-refractivity contribution is -0.141. The Balaban J connectivity index is 1.88. The van der Waals surface area contributed by atoms with Gasteiger partial charge in [0.15, 0.2) is 0 Å². The van der Waals surface area contributed by atoms with Crippen molar-refractivity contribution in [3.63, 3.8) is 0 Å². The van der Waals surface area contributed by atoms with E-state index in [2.05, 4.69) is 18.2 Å². The Morgan fingerprint density at radius 2 is 1.50 bits per heavy atom. The van der Waals surface area contributed by atoms with E-state index in [1.54, 1.807) is 0 Å². The summed E-state index contributed by atoms with van der Waals surface area (Å²) in [6, 6.07) is 24.0. The van der Waals surface area contributed by atoms with Gasteiger partial charge in [-0.25, -0.2) is 0 Å². The maximum absolute atomic E-state index is 11.6. The first-order valence-electron chi connectivity index (χ1n) is 7.47. The van der Waals surface area contributed by atoms with E-state index in [4.69, 9.17) is 0 Å². The van der Waals surface area contributed by atoms with Crippen LogP contribution < -0.4 is 0 Å². The topological polar surface area (TPSA) is 37.3 Å². The summed E-state index contributed by atoms with van der Waals surface area (Å²) in [6.07, 6.45) is 1.10. The van der Waals surface area contributed by atoms with Crippen LogP contribution in [0, 0.1) is 5.92 Å². The van der Waals surface area contributed by atoms with Gasteiger partial charge in [-0.3, -0.25) is 4.79 Å². The van der Waals surface area contributed by atoms with Crippen LogP contribution in [0.1, 0.15) is 11.1 Å². The first-order chi connectivity index (χ1) is 10.7. The molecule has 0 amide bonds. The average Bonchev–Trinajstić information content (AvgIpc) is 2.55. The minimum atomic E-state index is -0.739. The molecule has 0 spiro atoms. The number of hydrogen-bond donors (Lipinski definition) is 1. The molecule has 0 fully saturated rings. The Hall–Kier alpha value is -2.61. The molecule has 1 atom stereocenters. The quantitative estimate of drug-likeness (QED) is 0.759. The largest absolute Gasteiger partial charge is 0.481 e. The average molecular weight is 290 g/mol. The lowest BCUT2D eigenvalue weighted by Gasteiger charge is -2.14. The maximum Gasteiger partial charge on any atom is 0.307 e. The molecule has 3 aromatic rings. The highest BCUT2D eigenvalue weighted by Crippen LogP contribution is 2.23. The van der Waals surface area contributed by atoms with Crippen LogP contribution in [0.5, 0.6) is 0 Å². The Morgan fingerprint density at radius 1 is 0.818 bits per heavy atom. The summed E-state index contributed by atoms with van der Waals surface area (Å²) in [6.45, 7) is 0. The molecule has 2 heteroatoms. The van der Waals surface area contributed by atoms with Gasteiger partial charge in [0.2, 0.25) is 0 Å². The second-order valence-electron chi connectivity index (χ2n) is 5.57. The number of fused-ring (bicyclic) bond motifs is 1. The van der Waals surface area contributed by atoms with Crippen molar-refractivity contribution in [1.82, 2.24) is 0 Å². The van der Waals surface area contributed by atoms with Gasteiger partial charge in [-0.05, 0) is 34.7 Å². The molecule has 0 aliphatic carbocycles. The zero-order valence-corrected chi connectivity index (χ0v) is 12.3. The summed E-state index contributed by atoms with van der Waals surface area (Å²) in [5.41, 5.74) is 2.16. The molecule has 1 unspecified atom stereocenters. The van der Waals surface area contributed by atoms with Gasteiger partial charge < -0.3 is 5.11 Å². The predicted molar refractivity (Wildman–Crippen MR) is 88.9 cm³/mol. The molecule has 2 nitrogen and oxygen atoms in total. The molecular formula is C20H18O2. The summed E-state index contributed by atoms with van der Waals surface area (Å²) in [5.74, 6) is -1.15. The zero-order chi connectivity index (χ0) is 15.4. The first kappa shape index (κ1) is 14.3. The molecule has 110 valence electrons. The zero-order valence-electron chi connectivity index (χ0n) is 12.3. The number of benzene rings is 3. The SMILES string of the molecule is O=C(O)C(Cc1ccccc1)Cc1cccc2ccccc12. The van der Waals surface area contributed by atoms with Crippen LogP contribution in [0.25, 0.3) is 10.8 Å². The molecule has 0 aliphatic heterocycles. The van der Waals surface area contributed by atoms with E-state index in [-0.39, 0.29) is 0 Å². The smallest absolute Gasteiger partial charge is 0.307 e. The Labute approximate surface area is 130 Å². The lowest BCUT2D eigenvalue weighted by atomic mass is 9.90. The van der Waals surface area contributed by atoms with E-state index in [1.165, 1.54) is 0 Å². The third-order valence-corrected chi connectivity index (χ3v) is 4.02. The predicted octanol–water partition coefficient (Wildman–Crippen LogP) is 4.33. The van der Waals surface area contributed by atoms with Gasteiger partial charge in [-0.2, -0.15) is 0 Å². The van der Waals surface area contributed by atoms with Crippen LogP contribution in [-0.2, 0) is 17.6 Å². The minimum Gasteiger partial charge on any atom is -0.481 e. The van der Waals surface area contributed by atoms with Gasteiger partial charge in [0.1, 0.15) is 0 Å². The highest BCUT2D eigenvalue weighted by Gasteiger charge is 2.19. The normalized spacial score (nSPS) is 12.2. The Kier molecular flexibility index (Phi) is 4.19. The van der Waals surface area contributed by atoms with Crippen molar-refractivity contribution in [3.05, 3.63) is 83.9 Å². The van der Waals surface area contributed by atoms with Crippen LogP contribution >= 0.6 is 0 Å². The van der Waals surface area contributed by atoms with Crippen LogP contribution in [0.15, 0.2) is 72.8 Å². The molecule has 0 radical (unpaired) electrons.